The van der Waals surface area contributed by atoms with Crippen molar-refractivity contribution in [3.63, 3.8) is 0 Å². The van der Waals surface area contributed by atoms with Crippen molar-refractivity contribution in [2.45, 2.75) is 91.1 Å². The fraction of sp³-hybridized carbons (Fsp3) is 0.513. The Morgan fingerprint density at radius 2 is 1.37 bits per heavy atom. The van der Waals surface area contributed by atoms with E-state index in [2.05, 4.69) is 36.0 Å². The minimum absolute atomic E-state index is 0.0148. The number of aliphatic hydroxyl groups is 1. The van der Waals surface area contributed by atoms with Gasteiger partial charge in [0.05, 0.1) is 33.2 Å². The first-order valence-corrected chi connectivity index (χ1v) is 20.0. The standard InChI is InChI=1S/C39H54ClN5O6S/c1-39(2,3)26-14-12-10-8-7-9-11-13-15-27-44(52(47,48)28-32(46)29-22-24-30(40)25-23-29)38-43-42-37(31-18-16-21-35(41-31)51-6)45(38)36-33(49-4)19-17-20-34(36)50-5/h16-25,32,46H,7-15,26-28H2,1-6H3/t32-/m0/s1. The van der Waals surface area contributed by atoms with Crippen LogP contribution >= 0.6 is 11.6 Å². The van der Waals surface area contributed by atoms with Crippen molar-refractivity contribution in [1.82, 2.24) is 19.7 Å². The molecule has 0 unspecified atom stereocenters. The van der Waals surface area contributed by atoms with Crippen molar-refractivity contribution < 1.29 is 27.7 Å². The number of aliphatic hydroxyl groups excluding tert-OH is 1. The molecule has 0 amide bonds. The lowest BCUT2D eigenvalue weighted by Crippen LogP contribution is -2.37. The topological polar surface area (TPSA) is 129 Å². The molecule has 4 rings (SSSR count). The Bertz CT molecular complexity index is 1790. The van der Waals surface area contributed by atoms with Gasteiger partial charge in [0.25, 0.3) is 0 Å². The number of hydrogen-bond acceptors (Lipinski definition) is 9. The molecule has 0 fully saturated rings. The summed E-state index contributed by atoms with van der Waals surface area (Å²) in [5, 5.41) is 20.6. The Morgan fingerprint density at radius 3 is 1.94 bits per heavy atom. The number of rotatable bonds is 21. The van der Waals surface area contributed by atoms with Gasteiger partial charge >= 0.3 is 0 Å². The lowest BCUT2D eigenvalue weighted by Gasteiger charge is -2.26. The molecule has 0 aliphatic rings. The molecule has 0 radical (unpaired) electrons. The van der Waals surface area contributed by atoms with Crippen LogP contribution in [0.4, 0.5) is 5.95 Å². The van der Waals surface area contributed by atoms with Gasteiger partial charge in [-0.1, -0.05) is 108 Å². The van der Waals surface area contributed by atoms with E-state index in [0.29, 0.717) is 51.2 Å². The number of para-hydroxylation sites is 1. The number of hydrogen-bond donors (Lipinski definition) is 1. The second-order valence-electron chi connectivity index (χ2n) is 14.1. The van der Waals surface area contributed by atoms with E-state index >= 15 is 0 Å². The fourth-order valence-electron chi connectivity index (χ4n) is 6.10. The molecule has 2 aromatic heterocycles. The third-order valence-electron chi connectivity index (χ3n) is 8.90. The first-order chi connectivity index (χ1) is 24.9. The predicted molar refractivity (Wildman–Crippen MR) is 207 cm³/mol. The molecule has 4 aromatic rings. The van der Waals surface area contributed by atoms with Crippen molar-refractivity contribution in [2.24, 2.45) is 5.41 Å². The molecular weight excluding hydrogens is 702 g/mol. The van der Waals surface area contributed by atoms with Crippen LogP contribution in [0.15, 0.2) is 60.7 Å². The number of aromatic nitrogens is 4. The van der Waals surface area contributed by atoms with Gasteiger partial charge in [-0.15, -0.1) is 10.2 Å². The number of unbranched alkanes of at least 4 members (excludes halogenated alkanes) is 8. The number of anilines is 1. The van der Waals surface area contributed by atoms with E-state index in [0.717, 1.165) is 25.7 Å². The molecule has 2 aromatic carbocycles. The molecule has 11 nitrogen and oxygen atoms in total. The summed E-state index contributed by atoms with van der Waals surface area (Å²) in [6, 6.07) is 17.0. The lowest BCUT2D eigenvalue weighted by atomic mass is 9.89. The SMILES string of the molecule is COc1cccc(-c2nnc(N(CCCCCCCCCCCC(C)(C)C)S(=O)(=O)C[C@H](O)c3ccc(Cl)cc3)n2-c2c(OC)cccc2OC)n1. The Balaban J connectivity index is 1.66. The van der Waals surface area contributed by atoms with E-state index in [-0.39, 0.29) is 18.3 Å². The summed E-state index contributed by atoms with van der Waals surface area (Å²) in [6.07, 6.45) is 9.53. The average Bonchev–Trinajstić information content (AvgIpc) is 3.55. The molecule has 0 aliphatic carbocycles. The highest BCUT2D eigenvalue weighted by molar-refractivity contribution is 7.92. The smallest absolute Gasteiger partial charge is 0.246 e. The molecular formula is C39H54ClN5O6S. The quantitative estimate of drug-likeness (QED) is 0.0830. The fourth-order valence-corrected chi connectivity index (χ4v) is 7.77. The van der Waals surface area contributed by atoms with Gasteiger partial charge in [-0.2, -0.15) is 0 Å². The molecule has 1 N–H and O–H groups in total. The maximum absolute atomic E-state index is 14.4. The molecule has 2 heterocycles. The van der Waals surface area contributed by atoms with Gasteiger partial charge in [-0.3, -0.25) is 4.57 Å². The zero-order chi connectivity index (χ0) is 37.7. The van der Waals surface area contributed by atoms with E-state index in [9.17, 15) is 13.5 Å². The zero-order valence-corrected chi connectivity index (χ0v) is 32.9. The summed E-state index contributed by atoms with van der Waals surface area (Å²) in [4.78, 5) is 4.58. The molecule has 0 aliphatic heterocycles. The van der Waals surface area contributed by atoms with E-state index in [1.54, 1.807) is 65.2 Å². The van der Waals surface area contributed by atoms with Gasteiger partial charge in [0.2, 0.25) is 21.9 Å². The van der Waals surface area contributed by atoms with Crippen LogP contribution in [0.1, 0.15) is 96.6 Å². The lowest BCUT2D eigenvalue weighted by molar-refractivity contribution is 0.201. The largest absolute Gasteiger partial charge is 0.494 e. The Hall–Kier alpha value is -3.87. The van der Waals surface area contributed by atoms with Crippen LogP contribution in [-0.4, -0.2) is 66.9 Å². The molecule has 0 saturated carbocycles. The molecule has 52 heavy (non-hydrogen) atoms. The molecule has 0 bridgehead atoms. The molecule has 13 heteroatoms. The third-order valence-corrected chi connectivity index (χ3v) is 10.9. The van der Waals surface area contributed by atoms with Gasteiger partial charge in [0, 0.05) is 17.6 Å². The van der Waals surface area contributed by atoms with Crippen molar-refractivity contribution in [3.8, 4) is 34.6 Å². The van der Waals surface area contributed by atoms with Crippen LogP contribution in [0.2, 0.25) is 5.02 Å². The predicted octanol–water partition coefficient (Wildman–Crippen LogP) is 8.83. The van der Waals surface area contributed by atoms with E-state index in [1.807, 2.05) is 0 Å². The van der Waals surface area contributed by atoms with Crippen molar-refractivity contribution in [3.05, 3.63) is 71.2 Å². The van der Waals surface area contributed by atoms with Gasteiger partial charge in [0.15, 0.2) is 5.82 Å². The number of ether oxygens (including phenoxy) is 3. The number of benzene rings is 2. The van der Waals surface area contributed by atoms with Crippen molar-refractivity contribution in [2.75, 3.05) is 37.9 Å². The van der Waals surface area contributed by atoms with Crippen LogP contribution < -0.4 is 18.5 Å². The maximum Gasteiger partial charge on any atom is 0.246 e. The normalized spacial score (nSPS) is 12.5. The zero-order valence-electron chi connectivity index (χ0n) is 31.3. The second kappa shape index (κ2) is 19.3. The molecule has 1 atom stereocenters. The van der Waals surface area contributed by atoms with E-state index < -0.39 is 21.9 Å². The van der Waals surface area contributed by atoms with Crippen molar-refractivity contribution in [1.29, 1.82) is 0 Å². The Labute approximate surface area is 314 Å². The van der Waals surface area contributed by atoms with Gasteiger partial charge in [-0.05, 0) is 54.2 Å². The monoisotopic (exact) mass is 755 g/mol. The maximum atomic E-state index is 14.4. The Kier molecular flexibility index (Phi) is 15.2. The summed E-state index contributed by atoms with van der Waals surface area (Å²) < 4.78 is 48.6. The number of sulfonamides is 1. The summed E-state index contributed by atoms with van der Waals surface area (Å²) in [5.41, 5.74) is 1.60. The number of halogens is 1. The number of pyridine rings is 1. The number of nitrogens with zero attached hydrogens (tertiary/aromatic N) is 5. The first kappa shape index (κ1) is 40.9. The van der Waals surface area contributed by atoms with E-state index in [1.165, 1.54) is 57.7 Å². The Morgan fingerprint density at radius 1 is 0.788 bits per heavy atom. The summed E-state index contributed by atoms with van der Waals surface area (Å²) in [6.45, 7) is 6.98. The molecule has 284 valence electrons. The van der Waals surface area contributed by atoms with Crippen molar-refractivity contribution >= 4 is 27.6 Å². The first-order valence-electron chi connectivity index (χ1n) is 18.0. The van der Waals surface area contributed by atoms with Gasteiger partial charge in [0.1, 0.15) is 22.9 Å². The van der Waals surface area contributed by atoms with Crippen LogP contribution in [0.5, 0.6) is 17.4 Å². The highest BCUT2D eigenvalue weighted by Gasteiger charge is 2.34. The molecule has 0 saturated heterocycles. The summed E-state index contributed by atoms with van der Waals surface area (Å²) in [7, 11) is 0.354. The summed E-state index contributed by atoms with van der Waals surface area (Å²) >= 11 is 6.06. The summed E-state index contributed by atoms with van der Waals surface area (Å²) in [5.74, 6) is 0.828. The van der Waals surface area contributed by atoms with Crippen LogP contribution in [0.25, 0.3) is 17.2 Å². The second-order valence-corrected chi connectivity index (χ2v) is 16.5. The minimum Gasteiger partial charge on any atom is -0.494 e. The average molecular weight is 756 g/mol. The third kappa shape index (κ3) is 11.3. The van der Waals surface area contributed by atoms with Gasteiger partial charge < -0.3 is 19.3 Å². The van der Waals surface area contributed by atoms with Crippen LogP contribution in [0.3, 0.4) is 0 Å². The highest BCUT2D eigenvalue weighted by Crippen LogP contribution is 2.39. The van der Waals surface area contributed by atoms with Gasteiger partial charge in [-0.25, -0.2) is 17.7 Å². The van der Waals surface area contributed by atoms with E-state index in [4.69, 9.17) is 25.8 Å². The minimum atomic E-state index is -4.20. The molecule has 0 spiro atoms. The van der Waals surface area contributed by atoms with Crippen LogP contribution in [-0.2, 0) is 10.0 Å². The highest BCUT2D eigenvalue weighted by atomic mass is 35.5. The number of methoxy groups -OCH3 is 3. The van der Waals surface area contributed by atoms with Crippen LogP contribution in [0, 0.1) is 5.41 Å².